The quantitative estimate of drug-likeness (QED) is 0.814. The fraction of sp³-hybridized carbons (Fsp3) is 0.417. The minimum atomic E-state index is -3.61. The summed E-state index contributed by atoms with van der Waals surface area (Å²) in [5, 5.41) is 0.132. The Balaban J connectivity index is 2.22. The van der Waals surface area contributed by atoms with Crippen LogP contribution >= 0.6 is 35.6 Å². The molecule has 0 radical (unpaired) electrons. The standard InChI is InChI=1S/C12H15ClN2O2S3/c13-10-7-8(12(14)18)1-2-11(10)20(16,17)15-9-3-5-19-6-4-9/h1-2,7,9,15H,3-6H2,(H2,14,18). The number of nitrogens with two attached hydrogens (primary N) is 1. The number of nitrogens with one attached hydrogen (secondary N) is 1. The highest BCUT2D eigenvalue weighted by atomic mass is 35.5. The lowest BCUT2D eigenvalue weighted by molar-refractivity contribution is 0.529. The van der Waals surface area contributed by atoms with Crippen LogP contribution in [0.5, 0.6) is 0 Å². The Morgan fingerprint density at radius 2 is 2.05 bits per heavy atom. The van der Waals surface area contributed by atoms with Gasteiger partial charge in [0.05, 0.1) is 5.02 Å². The van der Waals surface area contributed by atoms with E-state index in [2.05, 4.69) is 4.72 Å². The average Bonchev–Trinajstić information content (AvgIpc) is 2.38. The largest absolute Gasteiger partial charge is 0.389 e. The van der Waals surface area contributed by atoms with E-state index < -0.39 is 10.0 Å². The Bertz CT molecular complexity index is 613. The van der Waals surface area contributed by atoms with Gasteiger partial charge in [-0.3, -0.25) is 0 Å². The van der Waals surface area contributed by atoms with Gasteiger partial charge in [-0.1, -0.05) is 29.9 Å². The summed E-state index contributed by atoms with van der Waals surface area (Å²) in [5.74, 6) is 1.95. The molecule has 1 fully saturated rings. The maximum absolute atomic E-state index is 12.3. The van der Waals surface area contributed by atoms with Gasteiger partial charge in [-0.15, -0.1) is 0 Å². The average molecular weight is 351 g/mol. The van der Waals surface area contributed by atoms with Crippen LogP contribution in [-0.2, 0) is 10.0 Å². The molecule has 0 atom stereocenters. The van der Waals surface area contributed by atoms with Gasteiger partial charge in [0.1, 0.15) is 9.88 Å². The normalized spacial score (nSPS) is 17.1. The van der Waals surface area contributed by atoms with Gasteiger partial charge in [0.25, 0.3) is 0 Å². The van der Waals surface area contributed by atoms with Crippen LogP contribution in [0.2, 0.25) is 5.02 Å². The van der Waals surface area contributed by atoms with Crippen molar-refractivity contribution >= 4 is 50.6 Å². The van der Waals surface area contributed by atoms with Crippen molar-refractivity contribution in [3.05, 3.63) is 28.8 Å². The number of sulfonamides is 1. The molecular weight excluding hydrogens is 336 g/mol. The van der Waals surface area contributed by atoms with Gasteiger partial charge in [-0.25, -0.2) is 13.1 Å². The van der Waals surface area contributed by atoms with Gasteiger partial charge in [-0.05, 0) is 36.5 Å². The molecule has 1 heterocycles. The van der Waals surface area contributed by atoms with Crippen molar-refractivity contribution in [2.45, 2.75) is 23.8 Å². The molecule has 20 heavy (non-hydrogen) atoms. The number of rotatable bonds is 4. The third-order valence-electron chi connectivity index (χ3n) is 3.05. The number of thiocarbonyl (C=S) groups is 1. The molecule has 110 valence electrons. The molecule has 0 aromatic heterocycles. The second-order valence-corrected chi connectivity index (χ2v) is 8.27. The van der Waals surface area contributed by atoms with Crippen LogP contribution in [0, 0.1) is 0 Å². The van der Waals surface area contributed by atoms with Gasteiger partial charge >= 0.3 is 0 Å². The van der Waals surface area contributed by atoms with Crippen LogP contribution in [0.15, 0.2) is 23.1 Å². The molecule has 1 aliphatic heterocycles. The Hall–Kier alpha value is -0.340. The lowest BCUT2D eigenvalue weighted by atomic mass is 10.2. The van der Waals surface area contributed by atoms with E-state index in [1.165, 1.54) is 12.1 Å². The molecule has 0 saturated carbocycles. The monoisotopic (exact) mass is 350 g/mol. The van der Waals surface area contributed by atoms with Crippen LogP contribution in [0.3, 0.4) is 0 Å². The van der Waals surface area contributed by atoms with E-state index in [9.17, 15) is 8.42 Å². The maximum Gasteiger partial charge on any atom is 0.242 e. The third-order valence-corrected chi connectivity index (χ3v) is 6.34. The second kappa shape index (κ2) is 6.62. The van der Waals surface area contributed by atoms with Crippen LogP contribution in [0.25, 0.3) is 0 Å². The number of hydrogen-bond acceptors (Lipinski definition) is 4. The van der Waals surface area contributed by atoms with E-state index in [1.807, 2.05) is 11.8 Å². The van der Waals surface area contributed by atoms with E-state index in [0.29, 0.717) is 5.56 Å². The smallest absolute Gasteiger partial charge is 0.242 e. The number of thioether (sulfide) groups is 1. The van der Waals surface area contributed by atoms with Crippen molar-refractivity contribution in [1.82, 2.24) is 4.72 Å². The molecule has 0 bridgehead atoms. The minimum Gasteiger partial charge on any atom is -0.389 e. The molecule has 1 aromatic rings. The van der Waals surface area contributed by atoms with E-state index in [0.717, 1.165) is 24.3 Å². The maximum atomic E-state index is 12.3. The van der Waals surface area contributed by atoms with E-state index in [-0.39, 0.29) is 20.9 Å². The zero-order valence-electron chi connectivity index (χ0n) is 10.6. The van der Waals surface area contributed by atoms with E-state index >= 15 is 0 Å². The fourth-order valence-corrected chi connectivity index (χ4v) is 5.05. The molecular formula is C12H15ClN2O2S3. The molecule has 8 heteroatoms. The lowest BCUT2D eigenvalue weighted by Crippen LogP contribution is -2.37. The predicted octanol–water partition coefficient (Wildman–Crippen LogP) is 2.15. The first-order chi connectivity index (χ1) is 9.40. The first kappa shape index (κ1) is 16.0. The zero-order valence-corrected chi connectivity index (χ0v) is 13.8. The van der Waals surface area contributed by atoms with Gasteiger partial charge in [0, 0.05) is 11.6 Å². The SMILES string of the molecule is NC(=S)c1ccc(S(=O)(=O)NC2CCSCC2)c(Cl)c1. The molecule has 4 nitrogen and oxygen atoms in total. The number of hydrogen-bond donors (Lipinski definition) is 2. The number of benzene rings is 1. The topological polar surface area (TPSA) is 72.2 Å². The summed E-state index contributed by atoms with van der Waals surface area (Å²) in [6.45, 7) is 0. The van der Waals surface area contributed by atoms with Crippen molar-refractivity contribution in [3.8, 4) is 0 Å². The van der Waals surface area contributed by atoms with Gasteiger partial charge in [0.2, 0.25) is 10.0 Å². The van der Waals surface area contributed by atoms with E-state index in [4.69, 9.17) is 29.6 Å². The molecule has 1 aromatic carbocycles. The predicted molar refractivity (Wildman–Crippen MR) is 88.0 cm³/mol. The van der Waals surface area contributed by atoms with Crippen molar-refractivity contribution in [3.63, 3.8) is 0 Å². The van der Waals surface area contributed by atoms with Crippen molar-refractivity contribution < 1.29 is 8.42 Å². The summed E-state index contributed by atoms with van der Waals surface area (Å²) in [5.41, 5.74) is 6.05. The van der Waals surface area contributed by atoms with Gasteiger partial charge in [0.15, 0.2) is 0 Å². The Labute approximate surface area is 133 Å². The lowest BCUT2D eigenvalue weighted by Gasteiger charge is -2.22. The molecule has 0 amide bonds. The van der Waals surface area contributed by atoms with Crippen molar-refractivity contribution in [1.29, 1.82) is 0 Å². The first-order valence-corrected chi connectivity index (χ1v) is 9.52. The summed E-state index contributed by atoms with van der Waals surface area (Å²) in [4.78, 5) is 0.255. The molecule has 1 saturated heterocycles. The van der Waals surface area contributed by atoms with Crippen molar-refractivity contribution in [2.75, 3.05) is 11.5 Å². The summed E-state index contributed by atoms with van der Waals surface area (Å²) < 4.78 is 27.4. The zero-order chi connectivity index (χ0) is 14.8. The third kappa shape index (κ3) is 3.85. The Kier molecular flexibility index (Phi) is 5.30. The minimum absolute atomic E-state index is 0.0208. The van der Waals surface area contributed by atoms with Gasteiger partial charge < -0.3 is 5.73 Å². The van der Waals surface area contributed by atoms with Crippen molar-refractivity contribution in [2.24, 2.45) is 5.73 Å². The van der Waals surface area contributed by atoms with Gasteiger partial charge in [-0.2, -0.15) is 11.8 Å². The van der Waals surface area contributed by atoms with E-state index in [1.54, 1.807) is 6.07 Å². The number of halogens is 1. The second-order valence-electron chi connectivity index (χ2n) is 4.52. The van der Waals surface area contributed by atoms with Crippen LogP contribution < -0.4 is 10.5 Å². The Morgan fingerprint density at radius 1 is 1.40 bits per heavy atom. The van der Waals surface area contributed by atoms with Crippen LogP contribution in [0.4, 0.5) is 0 Å². The summed E-state index contributed by atoms with van der Waals surface area (Å²) in [7, 11) is -3.61. The molecule has 1 aliphatic rings. The molecule has 0 unspecified atom stereocenters. The van der Waals surface area contributed by atoms with Crippen LogP contribution in [0.1, 0.15) is 18.4 Å². The molecule has 2 rings (SSSR count). The summed E-state index contributed by atoms with van der Waals surface area (Å²) >= 11 is 12.7. The highest BCUT2D eigenvalue weighted by molar-refractivity contribution is 7.99. The summed E-state index contributed by atoms with van der Waals surface area (Å²) in [6.07, 6.45) is 1.68. The first-order valence-electron chi connectivity index (χ1n) is 6.09. The van der Waals surface area contributed by atoms with Crippen LogP contribution in [-0.4, -0.2) is 31.0 Å². The molecule has 3 N–H and O–H groups in total. The molecule has 0 aliphatic carbocycles. The fourth-order valence-electron chi connectivity index (χ4n) is 1.97. The highest BCUT2D eigenvalue weighted by Crippen LogP contribution is 2.25. The summed E-state index contributed by atoms with van der Waals surface area (Å²) in [6, 6.07) is 4.47. The highest BCUT2D eigenvalue weighted by Gasteiger charge is 2.24. The molecule has 0 spiro atoms. The Morgan fingerprint density at radius 3 is 2.60 bits per heavy atom.